The summed E-state index contributed by atoms with van der Waals surface area (Å²) >= 11 is 0. The number of hydrogen-bond acceptors (Lipinski definition) is 8. The largest absolute Gasteiger partial charge is 0.458 e. The van der Waals surface area contributed by atoms with Gasteiger partial charge in [-0.25, -0.2) is 9.78 Å². The molecule has 3 aliphatic heterocycles. The second-order valence-electron chi connectivity index (χ2n) is 9.47. The number of pyridine rings is 2. The van der Waals surface area contributed by atoms with E-state index in [2.05, 4.69) is 5.32 Å². The first-order chi connectivity index (χ1) is 17.9. The Morgan fingerprint density at radius 3 is 2.54 bits per heavy atom. The Bertz CT molecular complexity index is 1710. The fraction of sp³-hybridized carbons (Fsp3) is 0.250. The van der Waals surface area contributed by atoms with E-state index in [1.807, 2.05) is 43.4 Å². The molecule has 0 spiro atoms. The minimum atomic E-state index is -1.88. The minimum Gasteiger partial charge on any atom is -0.458 e. The summed E-state index contributed by atoms with van der Waals surface area (Å²) in [7, 11) is 1.87. The number of hydrogen-bond donors (Lipinski definition) is 2. The van der Waals surface area contributed by atoms with E-state index in [1.165, 1.54) is 0 Å². The summed E-state index contributed by atoms with van der Waals surface area (Å²) in [6, 6.07) is 13.6. The van der Waals surface area contributed by atoms with Crippen molar-refractivity contribution in [1.82, 2.24) is 9.55 Å². The molecule has 4 aromatic rings. The van der Waals surface area contributed by atoms with Crippen molar-refractivity contribution in [1.29, 1.82) is 0 Å². The van der Waals surface area contributed by atoms with Gasteiger partial charge in [0.1, 0.15) is 6.61 Å². The van der Waals surface area contributed by atoms with E-state index >= 15 is 0 Å². The molecule has 7 rings (SSSR count). The van der Waals surface area contributed by atoms with Crippen LogP contribution in [0.25, 0.3) is 33.4 Å². The van der Waals surface area contributed by atoms with Crippen LogP contribution in [0.15, 0.2) is 47.3 Å². The van der Waals surface area contributed by atoms with Crippen LogP contribution in [0.4, 0.5) is 5.69 Å². The van der Waals surface area contributed by atoms with Crippen molar-refractivity contribution in [2.45, 2.75) is 32.1 Å². The van der Waals surface area contributed by atoms with E-state index in [0.29, 0.717) is 46.1 Å². The number of nitrogens with zero attached hydrogens (tertiary/aromatic N) is 2. The topological polar surface area (TPSA) is 112 Å². The van der Waals surface area contributed by atoms with Crippen molar-refractivity contribution in [2.75, 3.05) is 19.2 Å². The fourth-order valence-electron chi connectivity index (χ4n) is 5.60. The Hall–Kier alpha value is -4.37. The molecule has 0 radical (unpaired) electrons. The molecule has 5 heterocycles. The molecule has 0 unspecified atom stereocenters. The first kappa shape index (κ1) is 21.9. The van der Waals surface area contributed by atoms with Crippen LogP contribution in [0.3, 0.4) is 0 Å². The zero-order valence-corrected chi connectivity index (χ0v) is 20.3. The van der Waals surface area contributed by atoms with Crippen LogP contribution in [-0.2, 0) is 28.3 Å². The molecule has 9 nitrogen and oxygen atoms in total. The Balaban J connectivity index is 1.54. The van der Waals surface area contributed by atoms with Crippen molar-refractivity contribution < 1.29 is 24.1 Å². The van der Waals surface area contributed by atoms with Gasteiger partial charge in [-0.15, -0.1) is 0 Å². The first-order valence-corrected chi connectivity index (χ1v) is 12.1. The average molecular weight is 498 g/mol. The average Bonchev–Trinajstić information content (AvgIpc) is 3.53. The molecule has 2 aromatic carbocycles. The highest BCUT2D eigenvalue weighted by Gasteiger charge is 2.45. The van der Waals surface area contributed by atoms with E-state index in [9.17, 15) is 14.7 Å². The first-order valence-electron chi connectivity index (χ1n) is 12.1. The predicted octanol–water partition coefficient (Wildman–Crippen LogP) is 3.52. The fourth-order valence-corrected chi connectivity index (χ4v) is 5.60. The molecule has 1 atom stereocenters. The minimum absolute atomic E-state index is 0.0896. The third-order valence-electron chi connectivity index (χ3n) is 7.64. The highest BCUT2D eigenvalue weighted by atomic mass is 16.7. The van der Waals surface area contributed by atoms with Gasteiger partial charge in [0.25, 0.3) is 5.56 Å². The number of nitrogens with one attached hydrogen (secondary N) is 1. The summed E-state index contributed by atoms with van der Waals surface area (Å²) in [5.74, 6) is 0.518. The lowest BCUT2D eigenvalue weighted by Gasteiger charge is -2.31. The molecule has 0 aliphatic carbocycles. The monoisotopic (exact) mass is 497 g/mol. The molecule has 0 saturated heterocycles. The lowest BCUT2D eigenvalue weighted by atomic mass is 9.86. The Kier molecular flexibility index (Phi) is 4.47. The Morgan fingerprint density at radius 2 is 1.81 bits per heavy atom. The normalized spacial score (nSPS) is 18.8. The number of aliphatic hydroxyl groups is 1. The van der Waals surface area contributed by atoms with Crippen LogP contribution in [-0.4, -0.2) is 34.5 Å². The van der Waals surface area contributed by atoms with Gasteiger partial charge in [0, 0.05) is 35.3 Å². The molecule has 2 N–H and O–H groups in total. The number of anilines is 1. The molecule has 0 amide bonds. The molecular weight excluding hydrogens is 474 g/mol. The molecule has 0 saturated carbocycles. The van der Waals surface area contributed by atoms with Crippen LogP contribution in [0.2, 0.25) is 0 Å². The number of fused-ring (bicyclic) bond motifs is 6. The highest BCUT2D eigenvalue weighted by molar-refractivity contribution is 6.01. The van der Waals surface area contributed by atoms with Gasteiger partial charge in [-0.3, -0.25) is 4.79 Å². The third kappa shape index (κ3) is 2.91. The van der Waals surface area contributed by atoms with E-state index in [0.717, 1.165) is 27.8 Å². The molecule has 0 bridgehead atoms. The molecule has 186 valence electrons. The van der Waals surface area contributed by atoms with Gasteiger partial charge in [0.2, 0.25) is 6.79 Å². The molecular formula is C28H23N3O6. The standard InChI is InChI=1S/C28H23N3O6/c1-3-28(34)19-9-21-25-17(11-31(21)26(32)18(19)12-35-27(28)33)24(14-4-6-15(29-2)7-5-14)16-8-22-23(37-13-36-22)10-20(16)30-25/h4-10,29,34H,3,11-13H2,1-2H3/t28-/m0/s1. The maximum atomic E-state index is 13.7. The SMILES string of the molecule is CC[C@@]1(O)C(=O)OCc2c1cc1n(c2=O)Cc2c-1nc1cc3c(cc1c2-c1ccc(NC)cc1)OCO3. The van der Waals surface area contributed by atoms with E-state index in [-0.39, 0.29) is 25.4 Å². The van der Waals surface area contributed by atoms with Crippen LogP contribution >= 0.6 is 0 Å². The lowest BCUT2D eigenvalue weighted by Crippen LogP contribution is -2.44. The molecule has 0 fully saturated rings. The van der Waals surface area contributed by atoms with Crippen LogP contribution < -0.4 is 20.3 Å². The van der Waals surface area contributed by atoms with Gasteiger partial charge in [-0.2, -0.15) is 0 Å². The highest BCUT2D eigenvalue weighted by Crippen LogP contribution is 2.46. The lowest BCUT2D eigenvalue weighted by molar-refractivity contribution is -0.172. The van der Waals surface area contributed by atoms with Gasteiger partial charge >= 0.3 is 5.97 Å². The van der Waals surface area contributed by atoms with Crippen molar-refractivity contribution in [2.24, 2.45) is 0 Å². The van der Waals surface area contributed by atoms with Crippen LogP contribution in [0, 0.1) is 0 Å². The number of aromatic nitrogens is 2. The second kappa shape index (κ2) is 7.57. The quantitative estimate of drug-likeness (QED) is 0.364. The van der Waals surface area contributed by atoms with Crippen molar-refractivity contribution in [3.8, 4) is 34.0 Å². The van der Waals surface area contributed by atoms with Gasteiger partial charge in [0.05, 0.1) is 29.0 Å². The van der Waals surface area contributed by atoms with Crippen molar-refractivity contribution in [3.63, 3.8) is 0 Å². The molecule has 9 heteroatoms. The Labute approximate surface area is 211 Å². The smallest absolute Gasteiger partial charge is 0.343 e. The zero-order chi connectivity index (χ0) is 25.5. The third-order valence-corrected chi connectivity index (χ3v) is 7.64. The van der Waals surface area contributed by atoms with Gasteiger partial charge in [-0.1, -0.05) is 19.1 Å². The second-order valence-corrected chi connectivity index (χ2v) is 9.47. The summed E-state index contributed by atoms with van der Waals surface area (Å²) in [6.45, 7) is 1.97. The summed E-state index contributed by atoms with van der Waals surface area (Å²) in [6.07, 6.45) is 0.0896. The number of rotatable bonds is 3. The summed E-state index contributed by atoms with van der Waals surface area (Å²) in [4.78, 5) is 31.1. The van der Waals surface area contributed by atoms with Gasteiger partial charge in [-0.05, 0) is 41.8 Å². The summed E-state index contributed by atoms with van der Waals surface area (Å²) in [5, 5.41) is 15.2. The van der Waals surface area contributed by atoms with E-state index in [4.69, 9.17) is 19.2 Å². The predicted molar refractivity (Wildman–Crippen MR) is 136 cm³/mol. The number of cyclic esters (lactones) is 1. The number of esters is 1. The summed E-state index contributed by atoms with van der Waals surface area (Å²) in [5.41, 5.74) is 4.09. The zero-order valence-electron chi connectivity index (χ0n) is 20.3. The van der Waals surface area contributed by atoms with Crippen LogP contribution in [0.1, 0.15) is 30.0 Å². The summed E-state index contributed by atoms with van der Waals surface area (Å²) < 4.78 is 18.1. The van der Waals surface area contributed by atoms with E-state index < -0.39 is 11.6 Å². The molecule has 2 aromatic heterocycles. The van der Waals surface area contributed by atoms with E-state index in [1.54, 1.807) is 17.6 Å². The Morgan fingerprint density at radius 1 is 1.05 bits per heavy atom. The van der Waals surface area contributed by atoms with Crippen molar-refractivity contribution in [3.05, 3.63) is 69.5 Å². The van der Waals surface area contributed by atoms with Crippen molar-refractivity contribution >= 4 is 22.6 Å². The molecule has 37 heavy (non-hydrogen) atoms. The number of carbonyl (C=O) groups is 1. The molecule has 3 aliphatic rings. The number of benzene rings is 2. The number of ether oxygens (including phenoxy) is 3. The van der Waals surface area contributed by atoms with Gasteiger partial charge in [0.15, 0.2) is 17.1 Å². The maximum Gasteiger partial charge on any atom is 0.343 e. The maximum absolute atomic E-state index is 13.7. The number of carbonyl (C=O) groups excluding carboxylic acids is 1. The van der Waals surface area contributed by atoms with Gasteiger partial charge < -0.3 is 29.2 Å². The van der Waals surface area contributed by atoms with Crippen LogP contribution in [0.5, 0.6) is 11.5 Å².